The van der Waals surface area contributed by atoms with Crippen LogP contribution < -0.4 is 20.7 Å². The van der Waals surface area contributed by atoms with Crippen molar-refractivity contribution in [2.75, 3.05) is 44.0 Å². The molecular weight excluding hydrogens is 380 g/mol. The molecule has 2 aromatic carbocycles. The number of rotatable bonds is 10. The molecule has 30 heavy (non-hydrogen) atoms. The Morgan fingerprint density at radius 3 is 2.60 bits per heavy atom. The Kier molecular flexibility index (Phi) is 9.77. The standard InChI is InChI=1S/C23H28N4O3/c1-4-18-9-6-10-19(15-18)26-22(28)17-25-23(24-5-2)27-20-11-7-12-21(16-20)30-14-8-13-29-3/h1,6-7,9-12,15-16H,5,8,13-14,17H2,2-3H3,(H,26,28)(H2,24,25,27). The molecule has 0 radical (unpaired) electrons. The number of terminal acetylenes is 1. The van der Waals surface area contributed by atoms with Gasteiger partial charge in [0.25, 0.3) is 0 Å². The first-order valence-electron chi connectivity index (χ1n) is 9.78. The summed E-state index contributed by atoms with van der Waals surface area (Å²) in [6.07, 6.45) is 6.21. The monoisotopic (exact) mass is 408 g/mol. The Hall–Kier alpha value is -3.50. The van der Waals surface area contributed by atoms with E-state index in [2.05, 4.69) is 26.9 Å². The van der Waals surface area contributed by atoms with Crippen LogP contribution in [0.5, 0.6) is 5.75 Å². The molecule has 3 N–H and O–H groups in total. The van der Waals surface area contributed by atoms with Gasteiger partial charge in [-0.25, -0.2) is 4.99 Å². The van der Waals surface area contributed by atoms with Gasteiger partial charge in [0, 0.05) is 49.7 Å². The van der Waals surface area contributed by atoms with E-state index < -0.39 is 0 Å². The van der Waals surface area contributed by atoms with Crippen molar-refractivity contribution in [1.82, 2.24) is 5.32 Å². The maximum Gasteiger partial charge on any atom is 0.246 e. The van der Waals surface area contributed by atoms with Gasteiger partial charge >= 0.3 is 0 Å². The van der Waals surface area contributed by atoms with E-state index in [1.54, 1.807) is 31.4 Å². The molecule has 0 atom stereocenters. The molecule has 0 unspecified atom stereocenters. The first-order chi connectivity index (χ1) is 14.6. The maximum atomic E-state index is 12.2. The van der Waals surface area contributed by atoms with Gasteiger partial charge in [0.05, 0.1) is 6.61 Å². The molecule has 0 fully saturated rings. The summed E-state index contributed by atoms with van der Waals surface area (Å²) in [5, 5.41) is 9.10. The fraction of sp³-hybridized carbons (Fsp3) is 0.304. The molecule has 0 aromatic heterocycles. The van der Waals surface area contributed by atoms with Gasteiger partial charge in [0.2, 0.25) is 5.91 Å². The summed E-state index contributed by atoms with van der Waals surface area (Å²) in [5.41, 5.74) is 2.15. The van der Waals surface area contributed by atoms with Crippen molar-refractivity contribution in [3.63, 3.8) is 0 Å². The average Bonchev–Trinajstić information content (AvgIpc) is 2.76. The molecule has 7 nitrogen and oxygen atoms in total. The van der Waals surface area contributed by atoms with Crippen molar-refractivity contribution in [1.29, 1.82) is 0 Å². The smallest absolute Gasteiger partial charge is 0.246 e. The van der Waals surface area contributed by atoms with Gasteiger partial charge in [-0.1, -0.05) is 18.1 Å². The van der Waals surface area contributed by atoms with E-state index in [0.717, 1.165) is 17.9 Å². The second kappa shape index (κ2) is 12.9. The predicted molar refractivity (Wildman–Crippen MR) is 121 cm³/mol. The fourth-order valence-electron chi connectivity index (χ4n) is 2.54. The highest BCUT2D eigenvalue weighted by Gasteiger charge is 2.05. The normalized spacial score (nSPS) is 10.8. The number of hydrogen-bond acceptors (Lipinski definition) is 4. The zero-order valence-electron chi connectivity index (χ0n) is 17.4. The second-order valence-electron chi connectivity index (χ2n) is 6.32. The minimum atomic E-state index is -0.239. The molecule has 0 aliphatic carbocycles. The van der Waals surface area contributed by atoms with Crippen LogP contribution in [0, 0.1) is 12.3 Å². The highest BCUT2D eigenvalue weighted by Crippen LogP contribution is 2.17. The minimum absolute atomic E-state index is 0.0389. The number of carbonyl (C=O) groups is 1. The van der Waals surface area contributed by atoms with E-state index in [1.165, 1.54) is 0 Å². The maximum absolute atomic E-state index is 12.2. The Morgan fingerprint density at radius 1 is 1.10 bits per heavy atom. The van der Waals surface area contributed by atoms with Crippen LogP contribution in [0.1, 0.15) is 18.9 Å². The van der Waals surface area contributed by atoms with Crippen LogP contribution in [0.15, 0.2) is 53.5 Å². The van der Waals surface area contributed by atoms with Crippen molar-refractivity contribution in [3.8, 4) is 18.1 Å². The van der Waals surface area contributed by atoms with E-state index >= 15 is 0 Å². The van der Waals surface area contributed by atoms with Crippen LogP contribution in [0.2, 0.25) is 0 Å². The number of nitrogens with zero attached hydrogens (tertiary/aromatic N) is 1. The molecule has 1 amide bonds. The van der Waals surface area contributed by atoms with Crippen LogP contribution >= 0.6 is 0 Å². The average molecular weight is 409 g/mol. The Bertz CT molecular complexity index is 890. The molecular formula is C23H28N4O3. The molecule has 0 spiro atoms. The predicted octanol–water partition coefficient (Wildman–Crippen LogP) is 3.10. The van der Waals surface area contributed by atoms with Crippen LogP contribution in [-0.2, 0) is 9.53 Å². The van der Waals surface area contributed by atoms with Crippen LogP contribution in [0.25, 0.3) is 0 Å². The van der Waals surface area contributed by atoms with Crippen molar-refractivity contribution in [2.24, 2.45) is 4.99 Å². The van der Waals surface area contributed by atoms with Gasteiger partial charge in [0.15, 0.2) is 5.96 Å². The lowest BCUT2D eigenvalue weighted by atomic mass is 10.2. The molecule has 0 aliphatic heterocycles. The number of nitrogens with one attached hydrogen (secondary N) is 3. The lowest BCUT2D eigenvalue weighted by molar-refractivity contribution is -0.114. The highest BCUT2D eigenvalue weighted by molar-refractivity contribution is 5.97. The Morgan fingerprint density at radius 2 is 1.87 bits per heavy atom. The first kappa shape index (κ1) is 22.8. The van der Waals surface area contributed by atoms with E-state index in [-0.39, 0.29) is 12.5 Å². The zero-order chi connectivity index (χ0) is 21.6. The third-order valence-corrected chi connectivity index (χ3v) is 3.90. The Labute approximate surface area is 177 Å². The first-order valence-corrected chi connectivity index (χ1v) is 9.78. The highest BCUT2D eigenvalue weighted by atomic mass is 16.5. The number of anilines is 2. The topological polar surface area (TPSA) is 84.0 Å². The van der Waals surface area contributed by atoms with Crippen molar-refractivity contribution < 1.29 is 14.3 Å². The summed E-state index contributed by atoms with van der Waals surface area (Å²) < 4.78 is 10.7. The second-order valence-corrected chi connectivity index (χ2v) is 6.32. The number of methoxy groups -OCH3 is 1. The lowest BCUT2D eigenvalue weighted by Crippen LogP contribution is -2.31. The molecule has 0 saturated carbocycles. The number of amides is 1. The summed E-state index contributed by atoms with van der Waals surface area (Å²) in [5.74, 6) is 3.55. The van der Waals surface area contributed by atoms with Gasteiger partial charge in [-0.15, -0.1) is 6.42 Å². The van der Waals surface area contributed by atoms with E-state index in [1.807, 2.05) is 31.2 Å². The number of carbonyl (C=O) groups excluding carboxylic acids is 1. The molecule has 2 rings (SSSR count). The van der Waals surface area contributed by atoms with Crippen LogP contribution in [0.3, 0.4) is 0 Å². The van der Waals surface area contributed by atoms with E-state index in [4.69, 9.17) is 15.9 Å². The van der Waals surface area contributed by atoms with Crippen LogP contribution in [0.4, 0.5) is 11.4 Å². The number of benzene rings is 2. The van der Waals surface area contributed by atoms with Gasteiger partial charge in [-0.2, -0.15) is 0 Å². The van der Waals surface area contributed by atoms with Gasteiger partial charge in [-0.05, 0) is 37.3 Å². The van der Waals surface area contributed by atoms with Gasteiger partial charge in [-0.3, -0.25) is 4.79 Å². The third kappa shape index (κ3) is 8.25. The molecule has 0 saturated heterocycles. The zero-order valence-corrected chi connectivity index (χ0v) is 17.4. The van der Waals surface area contributed by atoms with Gasteiger partial charge in [0.1, 0.15) is 12.3 Å². The largest absolute Gasteiger partial charge is 0.493 e. The van der Waals surface area contributed by atoms with Crippen molar-refractivity contribution >= 4 is 23.2 Å². The molecule has 0 heterocycles. The molecule has 7 heteroatoms. The third-order valence-electron chi connectivity index (χ3n) is 3.90. The quantitative estimate of drug-likeness (QED) is 0.244. The fourth-order valence-corrected chi connectivity index (χ4v) is 2.54. The summed E-state index contributed by atoms with van der Waals surface area (Å²) in [4.78, 5) is 16.6. The lowest BCUT2D eigenvalue weighted by Gasteiger charge is -2.13. The molecule has 0 aliphatic rings. The van der Waals surface area contributed by atoms with Crippen LogP contribution in [-0.4, -0.2) is 45.3 Å². The summed E-state index contributed by atoms with van der Waals surface area (Å²) in [6.45, 7) is 3.81. The molecule has 2 aromatic rings. The number of hydrogen-bond donors (Lipinski definition) is 3. The summed E-state index contributed by atoms with van der Waals surface area (Å²) >= 11 is 0. The van der Waals surface area contributed by atoms with E-state index in [0.29, 0.717) is 37.0 Å². The minimum Gasteiger partial charge on any atom is -0.493 e. The Balaban J connectivity index is 1.95. The molecule has 0 bridgehead atoms. The molecule has 158 valence electrons. The summed E-state index contributed by atoms with van der Waals surface area (Å²) in [7, 11) is 1.67. The van der Waals surface area contributed by atoms with Crippen molar-refractivity contribution in [2.45, 2.75) is 13.3 Å². The van der Waals surface area contributed by atoms with E-state index in [9.17, 15) is 4.79 Å². The summed E-state index contributed by atoms with van der Waals surface area (Å²) in [6, 6.07) is 14.7. The number of aliphatic imine (C=N–C) groups is 1. The number of guanidine groups is 1. The van der Waals surface area contributed by atoms with Gasteiger partial charge < -0.3 is 25.4 Å². The van der Waals surface area contributed by atoms with Crippen molar-refractivity contribution in [3.05, 3.63) is 54.1 Å². The number of ether oxygens (including phenoxy) is 2. The SMILES string of the molecule is C#Cc1cccc(NC(=O)CN=C(NCC)Nc2cccc(OCCCOC)c2)c1.